The summed E-state index contributed by atoms with van der Waals surface area (Å²) in [5.74, 6) is 1.90. The predicted octanol–water partition coefficient (Wildman–Crippen LogP) is 5.57. The van der Waals surface area contributed by atoms with Crippen LogP contribution in [0.15, 0.2) is 53.6 Å². The number of hydrazone groups is 1. The second kappa shape index (κ2) is 9.35. The molecule has 0 bridgehead atoms. The highest BCUT2D eigenvalue weighted by atomic mass is 16.5. The molecule has 168 valence electrons. The molecule has 0 unspecified atom stereocenters. The molecule has 0 aromatic heterocycles. The lowest BCUT2D eigenvalue weighted by Crippen LogP contribution is -2.45. The fourth-order valence-electron chi connectivity index (χ4n) is 5.45. The number of amides is 1. The molecule has 0 saturated heterocycles. The van der Waals surface area contributed by atoms with E-state index < -0.39 is 0 Å². The number of fused-ring (bicyclic) bond motifs is 1. The van der Waals surface area contributed by atoms with Gasteiger partial charge in [0.2, 0.25) is 5.91 Å². The third kappa shape index (κ3) is 4.25. The Balaban J connectivity index is 1.47. The number of hydrogen-bond acceptors (Lipinski definition) is 4. The van der Waals surface area contributed by atoms with Gasteiger partial charge in [-0.3, -0.25) is 4.79 Å². The molecule has 5 heteroatoms. The van der Waals surface area contributed by atoms with E-state index >= 15 is 0 Å². The molecule has 2 fully saturated rings. The molecule has 1 heterocycles. The predicted molar refractivity (Wildman–Crippen MR) is 125 cm³/mol. The maximum Gasteiger partial charge on any atom is 0.246 e. The number of nitrogens with zero attached hydrogens (tertiary/aromatic N) is 2. The van der Waals surface area contributed by atoms with Crippen LogP contribution >= 0.6 is 0 Å². The van der Waals surface area contributed by atoms with E-state index in [4.69, 9.17) is 14.6 Å². The Bertz CT molecular complexity index is 982. The van der Waals surface area contributed by atoms with Gasteiger partial charge in [0.25, 0.3) is 0 Å². The highest BCUT2D eigenvalue weighted by Gasteiger charge is 2.41. The van der Waals surface area contributed by atoms with Crippen LogP contribution < -0.4 is 9.47 Å². The topological polar surface area (TPSA) is 51.1 Å². The SMILES string of the molecule is COc1cc(C2=NN(Cc3ccccc3)C(=O)[C@H]3CCCC[C@@H]23)ccc1OC1CCCC1. The molecule has 1 amide bonds. The van der Waals surface area contributed by atoms with E-state index in [9.17, 15) is 4.79 Å². The van der Waals surface area contributed by atoms with Crippen LogP contribution in [0.1, 0.15) is 62.5 Å². The minimum Gasteiger partial charge on any atom is -0.493 e. The van der Waals surface area contributed by atoms with Crippen molar-refractivity contribution in [2.45, 2.75) is 64.0 Å². The Morgan fingerprint density at radius 2 is 1.62 bits per heavy atom. The standard InChI is InChI=1S/C27H32N2O3/c1-31-25-17-20(15-16-24(25)32-21-11-5-6-12-21)26-22-13-7-8-14-23(22)27(30)29(28-26)18-19-9-3-2-4-10-19/h2-4,9-10,15-17,21-23H,5-8,11-14,18H2,1H3/t22-,23+/m1/s1. The lowest BCUT2D eigenvalue weighted by Gasteiger charge is -2.38. The molecule has 5 nitrogen and oxygen atoms in total. The molecule has 0 radical (unpaired) electrons. The van der Waals surface area contributed by atoms with Gasteiger partial charge in [0.05, 0.1) is 25.5 Å². The Labute approximate surface area is 190 Å². The van der Waals surface area contributed by atoms with Gasteiger partial charge in [-0.15, -0.1) is 0 Å². The van der Waals surface area contributed by atoms with Gasteiger partial charge < -0.3 is 9.47 Å². The number of ether oxygens (including phenoxy) is 2. The average molecular weight is 433 g/mol. The molecule has 2 aromatic carbocycles. The Morgan fingerprint density at radius 1 is 0.906 bits per heavy atom. The van der Waals surface area contributed by atoms with Gasteiger partial charge in [-0.2, -0.15) is 5.10 Å². The number of benzene rings is 2. The Kier molecular flexibility index (Phi) is 6.15. The molecule has 3 aliphatic rings. The third-order valence-corrected chi connectivity index (χ3v) is 7.15. The number of carbonyl (C=O) groups is 1. The second-order valence-electron chi connectivity index (χ2n) is 9.25. The summed E-state index contributed by atoms with van der Waals surface area (Å²) >= 11 is 0. The van der Waals surface area contributed by atoms with Crippen molar-refractivity contribution in [3.63, 3.8) is 0 Å². The summed E-state index contributed by atoms with van der Waals surface area (Å²) in [6, 6.07) is 16.3. The van der Waals surface area contributed by atoms with E-state index in [1.54, 1.807) is 12.1 Å². The highest BCUT2D eigenvalue weighted by molar-refractivity contribution is 6.07. The molecular weight excluding hydrogens is 400 g/mol. The van der Waals surface area contributed by atoms with E-state index in [1.807, 2.05) is 42.5 Å². The van der Waals surface area contributed by atoms with Crippen molar-refractivity contribution in [2.75, 3.05) is 7.11 Å². The van der Waals surface area contributed by atoms with Crippen molar-refractivity contribution in [2.24, 2.45) is 16.9 Å². The van der Waals surface area contributed by atoms with Crippen LogP contribution in [0.3, 0.4) is 0 Å². The van der Waals surface area contributed by atoms with Crippen LogP contribution in [0.5, 0.6) is 11.5 Å². The van der Waals surface area contributed by atoms with Crippen molar-refractivity contribution in [1.29, 1.82) is 0 Å². The van der Waals surface area contributed by atoms with Gasteiger partial charge in [0, 0.05) is 17.4 Å². The first-order valence-electron chi connectivity index (χ1n) is 12.0. The summed E-state index contributed by atoms with van der Waals surface area (Å²) in [5.41, 5.74) is 3.13. The fraction of sp³-hybridized carbons (Fsp3) is 0.481. The normalized spacial score (nSPS) is 23.6. The first-order chi connectivity index (χ1) is 15.7. The van der Waals surface area contributed by atoms with Gasteiger partial charge in [-0.25, -0.2) is 5.01 Å². The van der Waals surface area contributed by atoms with Crippen molar-refractivity contribution in [3.8, 4) is 11.5 Å². The summed E-state index contributed by atoms with van der Waals surface area (Å²) in [7, 11) is 1.69. The van der Waals surface area contributed by atoms with Crippen molar-refractivity contribution in [3.05, 3.63) is 59.7 Å². The average Bonchev–Trinajstić information content (AvgIpc) is 3.35. The lowest BCUT2D eigenvalue weighted by atomic mass is 9.73. The largest absolute Gasteiger partial charge is 0.493 e. The zero-order valence-electron chi connectivity index (χ0n) is 18.8. The van der Waals surface area contributed by atoms with Crippen LogP contribution in [-0.2, 0) is 11.3 Å². The van der Waals surface area contributed by atoms with E-state index in [2.05, 4.69) is 6.07 Å². The summed E-state index contributed by atoms with van der Waals surface area (Å²) in [4.78, 5) is 13.3. The molecule has 2 atom stereocenters. The van der Waals surface area contributed by atoms with Gasteiger partial charge in [-0.1, -0.05) is 43.2 Å². The molecule has 2 aromatic rings. The zero-order chi connectivity index (χ0) is 21.9. The highest BCUT2D eigenvalue weighted by Crippen LogP contribution is 2.40. The molecule has 0 spiro atoms. The minimum absolute atomic E-state index is 0.0142. The molecule has 5 rings (SSSR count). The maximum absolute atomic E-state index is 13.3. The zero-order valence-corrected chi connectivity index (χ0v) is 18.8. The summed E-state index contributed by atoms with van der Waals surface area (Å²) in [5, 5.41) is 6.61. The van der Waals surface area contributed by atoms with Crippen LogP contribution in [-0.4, -0.2) is 29.8 Å². The summed E-state index contributed by atoms with van der Waals surface area (Å²) in [6.07, 6.45) is 9.17. The fourth-order valence-corrected chi connectivity index (χ4v) is 5.45. The third-order valence-electron chi connectivity index (χ3n) is 7.15. The molecule has 0 N–H and O–H groups in total. The van der Waals surface area contributed by atoms with Crippen LogP contribution in [0.2, 0.25) is 0 Å². The van der Waals surface area contributed by atoms with E-state index in [1.165, 1.54) is 12.8 Å². The lowest BCUT2D eigenvalue weighted by molar-refractivity contribution is -0.139. The smallest absolute Gasteiger partial charge is 0.246 e. The number of carbonyl (C=O) groups excluding carboxylic acids is 1. The number of methoxy groups -OCH3 is 1. The minimum atomic E-state index is 0.0142. The van der Waals surface area contributed by atoms with Crippen LogP contribution in [0.4, 0.5) is 0 Å². The first-order valence-corrected chi connectivity index (χ1v) is 12.0. The molecular formula is C27H32N2O3. The number of hydrogen-bond donors (Lipinski definition) is 0. The van der Waals surface area contributed by atoms with Crippen molar-refractivity contribution < 1.29 is 14.3 Å². The van der Waals surface area contributed by atoms with Crippen molar-refractivity contribution >= 4 is 11.6 Å². The second-order valence-corrected chi connectivity index (χ2v) is 9.25. The Hall–Kier alpha value is -2.82. The quantitative estimate of drug-likeness (QED) is 0.600. The van der Waals surface area contributed by atoms with Crippen molar-refractivity contribution in [1.82, 2.24) is 5.01 Å². The van der Waals surface area contributed by atoms with Gasteiger partial charge in [0.15, 0.2) is 11.5 Å². The summed E-state index contributed by atoms with van der Waals surface area (Å²) < 4.78 is 11.9. The first kappa shape index (κ1) is 21.0. The van der Waals surface area contributed by atoms with Crippen LogP contribution in [0.25, 0.3) is 0 Å². The van der Waals surface area contributed by atoms with E-state index in [0.29, 0.717) is 6.54 Å². The Morgan fingerprint density at radius 3 is 2.38 bits per heavy atom. The maximum atomic E-state index is 13.3. The molecule has 2 aliphatic carbocycles. The number of rotatable bonds is 6. The van der Waals surface area contributed by atoms with E-state index in [-0.39, 0.29) is 23.8 Å². The van der Waals surface area contributed by atoms with Crippen LogP contribution in [0, 0.1) is 11.8 Å². The molecule has 1 aliphatic heterocycles. The van der Waals surface area contributed by atoms with Gasteiger partial charge in [0.1, 0.15) is 0 Å². The summed E-state index contributed by atoms with van der Waals surface area (Å²) in [6.45, 7) is 0.506. The van der Waals surface area contributed by atoms with E-state index in [0.717, 1.165) is 66.9 Å². The van der Waals surface area contributed by atoms with Gasteiger partial charge in [-0.05, 0) is 62.3 Å². The molecule has 2 saturated carbocycles. The van der Waals surface area contributed by atoms with Gasteiger partial charge >= 0.3 is 0 Å². The molecule has 32 heavy (non-hydrogen) atoms. The monoisotopic (exact) mass is 432 g/mol.